The Morgan fingerprint density at radius 3 is 2.32 bits per heavy atom. The van der Waals surface area contributed by atoms with Crippen LogP contribution in [0.3, 0.4) is 0 Å². The van der Waals surface area contributed by atoms with Gasteiger partial charge in [0, 0.05) is 11.8 Å². The van der Waals surface area contributed by atoms with Gasteiger partial charge in [0.25, 0.3) is 0 Å². The summed E-state index contributed by atoms with van der Waals surface area (Å²) in [7, 11) is 0. The fraction of sp³-hybridized carbons (Fsp3) is 0.0625. The number of benzene rings is 2. The fourth-order valence-electron chi connectivity index (χ4n) is 1.79. The van der Waals surface area contributed by atoms with Crippen LogP contribution in [0.1, 0.15) is 11.1 Å². The lowest BCUT2D eigenvalue weighted by Gasteiger charge is -2.09. The number of phenols is 1. The Morgan fingerprint density at radius 1 is 1.05 bits per heavy atom. The van der Waals surface area contributed by atoms with Gasteiger partial charge >= 0.3 is 6.18 Å². The highest BCUT2D eigenvalue weighted by molar-refractivity contribution is 6.02. The van der Waals surface area contributed by atoms with Gasteiger partial charge in [0.05, 0.1) is 5.56 Å². The number of halogens is 3. The summed E-state index contributed by atoms with van der Waals surface area (Å²) in [6.07, 6.45) is -2.34. The van der Waals surface area contributed by atoms with Crippen LogP contribution in [0, 0.1) is 0 Å². The number of phenolic OH excluding ortho intramolecular Hbond substituents is 1. The Hall–Kier alpha value is -2.76. The van der Waals surface area contributed by atoms with Crippen LogP contribution in [0.2, 0.25) is 0 Å². The summed E-state index contributed by atoms with van der Waals surface area (Å²) in [6, 6.07) is 10.7. The first-order valence-corrected chi connectivity index (χ1v) is 6.30. The molecule has 0 aliphatic carbocycles. The summed E-state index contributed by atoms with van der Waals surface area (Å²) in [5.74, 6) is -0.518. The highest BCUT2D eigenvalue weighted by Gasteiger charge is 2.32. The first-order valence-electron chi connectivity index (χ1n) is 6.30. The third-order valence-corrected chi connectivity index (χ3v) is 2.82. The molecule has 114 valence electrons. The normalized spacial score (nSPS) is 11.6. The summed E-state index contributed by atoms with van der Waals surface area (Å²) >= 11 is 0. The second-order valence-electron chi connectivity index (χ2n) is 4.45. The Balaban J connectivity index is 2.12. The van der Waals surface area contributed by atoms with Gasteiger partial charge in [-0.3, -0.25) is 4.79 Å². The minimum atomic E-state index is -4.48. The number of anilines is 1. The molecule has 0 aliphatic heterocycles. The minimum Gasteiger partial charge on any atom is -0.508 e. The number of rotatable bonds is 3. The number of hydrogen-bond acceptors (Lipinski definition) is 2. The summed E-state index contributed by atoms with van der Waals surface area (Å²) in [5.41, 5.74) is -0.462. The third kappa shape index (κ3) is 4.12. The molecule has 1 amide bonds. The number of alkyl halides is 3. The van der Waals surface area contributed by atoms with E-state index in [4.69, 9.17) is 5.11 Å². The van der Waals surface area contributed by atoms with Crippen molar-refractivity contribution in [1.29, 1.82) is 0 Å². The largest absolute Gasteiger partial charge is 0.508 e. The van der Waals surface area contributed by atoms with E-state index >= 15 is 0 Å². The van der Waals surface area contributed by atoms with Crippen molar-refractivity contribution >= 4 is 17.7 Å². The van der Waals surface area contributed by atoms with Crippen LogP contribution >= 0.6 is 0 Å². The summed E-state index contributed by atoms with van der Waals surface area (Å²) in [4.78, 5) is 11.7. The number of aromatic hydroxyl groups is 1. The van der Waals surface area contributed by atoms with Gasteiger partial charge in [0.15, 0.2) is 0 Å². The first-order chi connectivity index (χ1) is 10.4. The minimum absolute atomic E-state index is 0.0487. The highest BCUT2D eigenvalue weighted by Crippen LogP contribution is 2.32. The summed E-state index contributed by atoms with van der Waals surface area (Å²) in [5, 5.41) is 11.6. The summed E-state index contributed by atoms with van der Waals surface area (Å²) < 4.78 is 38.4. The molecule has 0 spiro atoms. The SMILES string of the molecule is O=C(/C=C/c1ccccc1C(F)(F)F)Nc1ccc(O)cc1. The van der Waals surface area contributed by atoms with Crippen molar-refractivity contribution in [2.24, 2.45) is 0 Å². The molecule has 0 bridgehead atoms. The van der Waals surface area contributed by atoms with Crippen LogP contribution in [-0.4, -0.2) is 11.0 Å². The zero-order valence-corrected chi connectivity index (χ0v) is 11.3. The molecule has 0 aromatic heterocycles. The first kappa shape index (κ1) is 15.6. The van der Waals surface area contributed by atoms with Crippen molar-refractivity contribution in [2.75, 3.05) is 5.32 Å². The van der Waals surface area contributed by atoms with E-state index in [2.05, 4.69) is 5.32 Å². The van der Waals surface area contributed by atoms with Gasteiger partial charge < -0.3 is 10.4 Å². The quantitative estimate of drug-likeness (QED) is 0.663. The van der Waals surface area contributed by atoms with Crippen LogP contribution in [-0.2, 0) is 11.0 Å². The van der Waals surface area contributed by atoms with Crippen LogP contribution in [0.4, 0.5) is 18.9 Å². The molecule has 2 rings (SSSR count). The van der Waals surface area contributed by atoms with Gasteiger partial charge in [-0.15, -0.1) is 0 Å². The molecule has 0 fully saturated rings. The smallest absolute Gasteiger partial charge is 0.416 e. The van der Waals surface area contributed by atoms with Crippen LogP contribution in [0.25, 0.3) is 6.08 Å². The van der Waals surface area contributed by atoms with E-state index < -0.39 is 17.6 Å². The number of nitrogens with one attached hydrogen (secondary N) is 1. The van der Waals surface area contributed by atoms with Crippen molar-refractivity contribution in [3.63, 3.8) is 0 Å². The molecule has 3 nitrogen and oxygen atoms in total. The van der Waals surface area contributed by atoms with Crippen molar-refractivity contribution in [3.05, 3.63) is 65.7 Å². The molecule has 2 N–H and O–H groups in total. The van der Waals surface area contributed by atoms with E-state index in [0.29, 0.717) is 5.69 Å². The van der Waals surface area contributed by atoms with Crippen LogP contribution < -0.4 is 5.32 Å². The summed E-state index contributed by atoms with van der Waals surface area (Å²) in [6.45, 7) is 0. The van der Waals surface area contributed by atoms with E-state index in [-0.39, 0.29) is 11.3 Å². The van der Waals surface area contributed by atoms with Crippen molar-refractivity contribution in [3.8, 4) is 5.75 Å². The van der Waals surface area contributed by atoms with Gasteiger partial charge in [0.2, 0.25) is 5.91 Å². The fourth-order valence-corrected chi connectivity index (χ4v) is 1.79. The average molecular weight is 307 g/mol. The predicted octanol–water partition coefficient (Wildman–Crippen LogP) is 4.06. The van der Waals surface area contributed by atoms with Gasteiger partial charge in [0.1, 0.15) is 5.75 Å². The second-order valence-corrected chi connectivity index (χ2v) is 4.45. The van der Waals surface area contributed by atoms with Gasteiger partial charge in [-0.2, -0.15) is 13.2 Å². The Bertz CT molecular complexity index is 691. The van der Waals surface area contributed by atoms with Crippen LogP contribution in [0.15, 0.2) is 54.6 Å². The molecule has 22 heavy (non-hydrogen) atoms. The Labute approximate surface area is 124 Å². The van der Waals surface area contributed by atoms with E-state index in [1.54, 1.807) is 0 Å². The molecule has 2 aromatic rings. The third-order valence-electron chi connectivity index (χ3n) is 2.82. The van der Waals surface area contributed by atoms with E-state index in [1.807, 2.05) is 0 Å². The molecular weight excluding hydrogens is 295 g/mol. The van der Waals surface area contributed by atoms with E-state index in [1.165, 1.54) is 42.5 Å². The second kappa shape index (κ2) is 6.34. The molecule has 0 saturated heterocycles. The maximum absolute atomic E-state index is 12.8. The monoisotopic (exact) mass is 307 g/mol. The zero-order valence-electron chi connectivity index (χ0n) is 11.3. The maximum Gasteiger partial charge on any atom is 0.416 e. The lowest BCUT2D eigenvalue weighted by atomic mass is 10.1. The zero-order chi connectivity index (χ0) is 16.2. The molecule has 0 heterocycles. The lowest BCUT2D eigenvalue weighted by Crippen LogP contribution is -2.09. The Morgan fingerprint density at radius 2 is 1.68 bits per heavy atom. The number of hydrogen-bond donors (Lipinski definition) is 2. The maximum atomic E-state index is 12.8. The molecular formula is C16H12F3NO2. The van der Waals surface area contributed by atoms with Crippen molar-refractivity contribution in [1.82, 2.24) is 0 Å². The molecule has 0 unspecified atom stereocenters. The van der Waals surface area contributed by atoms with Gasteiger partial charge in [-0.25, -0.2) is 0 Å². The molecule has 0 atom stereocenters. The highest BCUT2D eigenvalue weighted by atomic mass is 19.4. The van der Waals surface area contributed by atoms with Gasteiger partial charge in [-0.05, 0) is 42.0 Å². The molecule has 2 aromatic carbocycles. The van der Waals surface area contributed by atoms with Crippen molar-refractivity contribution in [2.45, 2.75) is 6.18 Å². The van der Waals surface area contributed by atoms with Crippen LogP contribution in [0.5, 0.6) is 5.75 Å². The Kier molecular flexibility index (Phi) is 4.50. The van der Waals surface area contributed by atoms with E-state index in [9.17, 15) is 18.0 Å². The van der Waals surface area contributed by atoms with Gasteiger partial charge in [-0.1, -0.05) is 18.2 Å². The van der Waals surface area contributed by atoms with E-state index in [0.717, 1.165) is 18.2 Å². The topological polar surface area (TPSA) is 49.3 Å². The lowest BCUT2D eigenvalue weighted by molar-refractivity contribution is -0.137. The molecule has 0 aliphatic rings. The predicted molar refractivity (Wildman–Crippen MR) is 77.2 cm³/mol. The number of carbonyl (C=O) groups is 1. The number of carbonyl (C=O) groups excluding carboxylic acids is 1. The molecule has 0 saturated carbocycles. The molecule has 6 heteroatoms. The standard InChI is InChI=1S/C16H12F3NO2/c17-16(18,19)14-4-2-1-3-11(14)5-10-15(22)20-12-6-8-13(21)9-7-12/h1-10,21H,(H,20,22)/b10-5+. The number of amides is 1. The average Bonchev–Trinajstić information content (AvgIpc) is 2.47. The molecule has 0 radical (unpaired) electrons. The van der Waals surface area contributed by atoms with Crippen molar-refractivity contribution < 1.29 is 23.1 Å².